The van der Waals surface area contributed by atoms with Crippen LogP contribution in [-0.4, -0.2) is 55.5 Å². The average molecular weight is 293 g/mol. The van der Waals surface area contributed by atoms with Crippen LogP contribution in [0.4, 0.5) is 0 Å². The van der Waals surface area contributed by atoms with Crippen LogP contribution in [0.2, 0.25) is 0 Å². The second kappa shape index (κ2) is 8.11. The number of amidine groups is 1. The third-order valence-corrected chi connectivity index (χ3v) is 3.73. The van der Waals surface area contributed by atoms with Gasteiger partial charge < -0.3 is 10.8 Å². The Morgan fingerprint density at radius 1 is 1.47 bits per heavy atom. The molecular weight excluding hydrogens is 270 g/mol. The topological polar surface area (TPSA) is 113 Å². The zero-order chi connectivity index (χ0) is 15.1. The molecule has 0 aliphatic rings. The molecule has 0 heterocycles. The number of carboxylic acid groups (broad SMARTS) is 1. The number of hydrogen-bond donors (Lipinski definition) is 2. The second-order valence-corrected chi connectivity index (χ2v) is 6.70. The standard InChI is InChI=1S/C11H23N3O4S/c1-9(5-4-6-13-10(2)12)7-14(8-11(15)16)19(3,17)18/h9H,4-8H2,1-3H3,(H2,12,13)(H,15,16)/t9-/m0/s1. The Labute approximate surface area is 114 Å². The van der Waals surface area contributed by atoms with E-state index in [1.165, 1.54) is 0 Å². The molecule has 7 nitrogen and oxygen atoms in total. The smallest absolute Gasteiger partial charge is 0.318 e. The van der Waals surface area contributed by atoms with Crippen molar-refractivity contribution in [1.29, 1.82) is 0 Å². The lowest BCUT2D eigenvalue weighted by Crippen LogP contribution is -2.37. The molecule has 8 heteroatoms. The summed E-state index contributed by atoms with van der Waals surface area (Å²) in [5, 5.41) is 8.70. The number of nitrogens with zero attached hydrogens (tertiary/aromatic N) is 2. The number of nitrogens with two attached hydrogens (primary N) is 1. The Morgan fingerprint density at radius 3 is 2.47 bits per heavy atom. The summed E-state index contributed by atoms with van der Waals surface area (Å²) in [6.45, 7) is 3.91. The van der Waals surface area contributed by atoms with Crippen molar-refractivity contribution in [3.8, 4) is 0 Å². The molecule has 19 heavy (non-hydrogen) atoms. The zero-order valence-electron chi connectivity index (χ0n) is 11.7. The van der Waals surface area contributed by atoms with E-state index < -0.39 is 22.5 Å². The lowest BCUT2D eigenvalue weighted by atomic mass is 10.1. The maximum atomic E-state index is 11.4. The maximum Gasteiger partial charge on any atom is 0.318 e. The molecule has 3 N–H and O–H groups in total. The molecular formula is C11H23N3O4S. The predicted octanol–water partition coefficient (Wildman–Crippen LogP) is 0.126. The molecule has 0 bridgehead atoms. The van der Waals surface area contributed by atoms with Crippen molar-refractivity contribution >= 4 is 21.8 Å². The summed E-state index contributed by atoms with van der Waals surface area (Å²) in [5.74, 6) is -0.556. The number of hydrogen-bond acceptors (Lipinski definition) is 4. The number of aliphatic imine (C=N–C) groups is 1. The molecule has 0 radical (unpaired) electrons. The van der Waals surface area contributed by atoms with Gasteiger partial charge in [-0.3, -0.25) is 9.79 Å². The van der Waals surface area contributed by atoms with E-state index in [0.29, 0.717) is 12.4 Å². The van der Waals surface area contributed by atoms with Gasteiger partial charge in [-0.25, -0.2) is 8.42 Å². The minimum Gasteiger partial charge on any atom is -0.480 e. The second-order valence-electron chi connectivity index (χ2n) is 4.72. The van der Waals surface area contributed by atoms with Gasteiger partial charge in [0.05, 0.1) is 12.1 Å². The third kappa shape index (κ3) is 9.43. The highest BCUT2D eigenvalue weighted by Crippen LogP contribution is 2.10. The van der Waals surface area contributed by atoms with E-state index in [1.807, 2.05) is 6.92 Å². The van der Waals surface area contributed by atoms with E-state index in [9.17, 15) is 13.2 Å². The van der Waals surface area contributed by atoms with Crippen molar-refractivity contribution in [2.75, 3.05) is 25.9 Å². The van der Waals surface area contributed by atoms with Gasteiger partial charge in [-0.05, 0) is 25.7 Å². The van der Waals surface area contributed by atoms with Crippen LogP contribution in [0, 0.1) is 5.92 Å². The molecule has 0 amide bonds. The molecule has 0 unspecified atom stereocenters. The Balaban J connectivity index is 4.28. The highest BCUT2D eigenvalue weighted by molar-refractivity contribution is 7.88. The molecule has 112 valence electrons. The van der Waals surface area contributed by atoms with Gasteiger partial charge in [0.15, 0.2) is 0 Å². The largest absolute Gasteiger partial charge is 0.480 e. The van der Waals surface area contributed by atoms with E-state index >= 15 is 0 Å². The lowest BCUT2D eigenvalue weighted by molar-refractivity contribution is -0.137. The van der Waals surface area contributed by atoms with Gasteiger partial charge in [-0.1, -0.05) is 6.92 Å². The molecule has 1 atom stereocenters. The first kappa shape index (κ1) is 17.8. The minimum atomic E-state index is -3.49. The van der Waals surface area contributed by atoms with Crippen LogP contribution in [0.5, 0.6) is 0 Å². The minimum absolute atomic E-state index is 0.0716. The molecule has 0 aliphatic carbocycles. The highest BCUT2D eigenvalue weighted by atomic mass is 32.2. The SMILES string of the molecule is CC(N)=NCCC[C@H](C)CN(CC(=O)O)S(C)(=O)=O. The van der Waals surface area contributed by atoms with Crippen molar-refractivity contribution in [3.63, 3.8) is 0 Å². The van der Waals surface area contributed by atoms with Crippen LogP contribution in [0.3, 0.4) is 0 Å². The highest BCUT2D eigenvalue weighted by Gasteiger charge is 2.21. The van der Waals surface area contributed by atoms with Crippen LogP contribution in [0.15, 0.2) is 4.99 Å². The van der Waals surface area contributed by atoms with Gasteiger partial charge in [-0.15, -0.1) is 0 Å². The number of aliphatic carboxylic acids is 1. The summed E-state index contributed by atoms with van der Waals surface area (Å²) in [6, 6.07) is 0. The number of carbonyl (C=O) groups is 1. The van der Waals surface area contributed by atoms with Crippen molar-refractivity contribution in [2.45, 2.75) is 26.7 Å². The Kier molecular flexibility index (Phi) is 7.62. The van der Waals surface area contributed by atoms with E-state index in [1.54, 1.807) is 6.92 Å². The predicted molar refractivity (Wildman–Crippen MR) is 74.6 cm³/mol. The Bertz CT molecular complexity index is 416. The Morgan fingerprint density at radius 2 is 2.05 bits per heavy atom. The fourth-order valence-corrected chi connectivity index (χ4v) is 2.47. The quantitative estimate of drug-likeness (QED) is 0.356. The fraction of sp³-hybridized carbons (Fsp3) is 0.818. The molecule has 0 rings (SSSR count). The molecule has 0 spiro atoms. The van der Waals surface area contributed by atoms with E-state index in [2.05, 4.69) is 4.99 Å². The van der Waals surface area contributed by atoms with Gasteiger partial charge in [-0.2, -0.15) is 4.31 Å². The van der Waals surface area contributed by atoms with E-state index in [-0.39, 0.29) is 12.5 Å². The molecule has 0 aromatic heterocycles. The zero-order valence-corrected chi connectivity index (χ0v) is 12.5. The first-order valence-electron chi connectivity index (χ1n) is 6.06. The molecule has 0 saturated carbocycles. The van der Waals surface area contributed by atoms with Crippen molar-refractivity contribution in [3.05, 3.63) is 0 Å². The van der Waals surface area contributed by atoms with Gasteiger partial charge >= 0.3 is 5.97 Å². The number of sulfonamides is 1. The summed E-state index contributed by atoms with van der Waals surface area (Å²) in [5.41, 5.74) is 5.40. The summed E-state index contributed by atoms with van der Waals surface area (Å²) in [4.78, 5) is 14.7. The molecule has 0 fully saturated rings. The lowest BCUT2D eigenvalue weighted by Gasteiger charge is -2.21. The first-order valence-corrected chi connectivity index (χ1v) is 7.91. The molecule has 0 aromatic carbocycles. The third-order valence-electron chi connectivity index (χ3n) is 2.51. The van der Waals surface area contributed by atoms with Gasteiger partial charge in [0.1, 0.15) is 6.54 Å². The first-order chi connectivity index (χ1) is 8.62. The summed E-state index contributed by atoms with van der Waals surface area (Å²) >= 11 is 0. The van der Waals surface area contributed by atoms with Crippen LogP contribution >= 0.6 is 0 Å². The van der Waals surface area contributed by atoms with Crippen molar-refractivity contribution < 1.29 is 18.3 Å². The number of rotatable bonds is 9. The average Bonchev–Trinajstić information content (AvgIpc) is 2.21. The summed E-state index contributed by atoms with van der Waals surface area (Å²) < 4.78 is 23.9. The molecule has 0 saturated heterocycles. The monoisotopic (exact) mass is 293 g/mol. The van der Waals surface area contributed by atoms with Gasteiger partial charge in [0, 0.05) is 13.1 Å². The van der Waals surface area contributed by atoms with Crippen molar-refractivity contribution in [1.82, 2.24) is 4.31 Å². The summed E-state index contributed by atoms with van der Waals surface area (Å²) in [6.07, 6.45) is 2.58. The maximum absolute atomic E-state index is 11.4. The van der Waals surface area contributed by atoms with E-state index in [4.69, 9.17) is 10.8 Å². The van der Waals surface area contributed by atoms with Crippen LogP contribution in [-0.2, 0) is 14.8 Å². The van der Waals surface area contributed by atoms with Crippen LogP contribution < -0.4 is 5.73 Å². The van der Waals surface area contributed by atoms with Crippen LogP contribution in [0.1, 0.15) is 26.7 Å². The number of carboxylic acids is 1. The van der Waals surface area contributed by atoms with E-state index in [0.717, 1.165) is 23.4 Å². The van der Waals surface area contributed by atoms with Gasteiger partial charge in [0.2, 0.25) is 10.0 Å². The summed E-state index contributed by atoms with van der Waals surface area (Å²) in [7, 11) is -3.49. The normalized spacial score (nSPS) is 14.6. The van der Waals surface area contributed by atoms with Crippen LogP contribution in [0.25, 0.3) is 0 Å². The Hall–Kier alpha value is -1.15. The molecule has 0 aromatic rings. The van der Waals surface area contributed by atoms with Gasteiger partial charge in [0.25, 0.3) is 0 Å². The molecule has 0 aliphatic heterocycles. The fourth-order valence-electron chi connectivity index (χ4n) is 1.60. The van der Waals surface area contributed by atoms with Crippen molar-refractivity contribution in [2.24, 2.45) is 16.6 Å².